The van der Waals surface area contributed by atoms with Gasteiger partial charge in [-0.1, -0.05) is 35.5 Å². The van der Waals surface area contributed by atoms with E-state index in [1.54, 1.807) is 49.4 Å². The third-order valence-corrected chi connectivity index (χ3v) is 5.12. The second-order valence-electron chi connectivity index (χ2n) is 5.53. The maximum absolute atomic E-state index is 13.2. The van der Waals surface area contributed by atoms with Crippen molar-refractivity contribution < 1.29 is 9.53 Å². The number of hydrogen-bond acceptors (Lipinski definition) is 5. The van der Waals surface area contributed by atoms with Crippen LogP contribution in [0.3, 0.4) is 0 Å². The van der Waals surface area contributed by atoms with E-state index in [0.717, 1.165) is 11.8 Å². The van der Waals surface area contributed by atoms with Crippen LogP contribution in [0.25, 0.3) is 16.6 Å². The zero-order valence-corrected chi connectivity index (χ0v) is 15.7. The van der Waals surface area contributed by atoms with Crippen molar-refractivity contribution in [3.8, 4) is 11.4 Å². The number of fused-ring (bicyclic) bond motifs is 1. The Morgan fingerprint density at radius 3 is 2.73 bits per heavy atom. The van der Waals surface area contributed by atoms with Crippen molar-refractivity contribution in [1.29, 1.82) is 0 Å². The van der Waals surface area contributed by atoms with Gasteiger partial charge in [0.05, 0.1) is 29.0 Å². The molecule has 1 atom stereocenters. The summed E-state index contributed by atoms with van der Waals surface area (Å²) in [4.78, 5) is 29.2. The lowest BCUT2D eigenvalue weighted by Crippen LogP contribution is -2.26. The van der Waals surface area contributed by atoms with Crippen LogP contribution in [-0.4, -0.2) is 27.8 Å². The Morgan fingerprint density at radius 2 is 2.04 bits per heavy atom. The largest absolute Gasteiger partial charge is 0.495 e. The van der Waals surface area contributed by atoms with Crippen LogP contribution in [0.1, 0.15) is 6.92 Å². The van der Waals surface area contributed by atoms with Crippen LogP contribution in [0.2, 0.25) is 5.02 Å². The normalized spacial score (nSPS) is 12.1. The van der Waals surface area contributed by atoms with Gasteiger partial charge in [-0.25, -0.2) is 4.98 Å². The highest BCUT2D eigenvalue weighted by atomic mass is 35.5. The van der Waals surface area contributed by atoms with Crippen LogP contribution in [0.15, 0.2) is 52.4 Å². The summed E-state index contributed by atoms with van der Waals surface area (Å²) in [6, 6.07) is 12.0. The number of primary amides is 1. The van der Waals surface area contributed by atoms with E-state index in [4.69, 9.17) is 22.1 Å². The molecular formula is C18H16ClN3O3S. The van der Waals surface area contributed by atoms with Crippen LogP contribution in [0, 0.1) is 0 Å². The first-order valence-electron chi connectivity index (χ1n) is 7.74. The van der Waals surface area contributed by atoms with Gasteiger partial charge in [-0.2, -0.15) is 0 Å². The highest BCUT2D eigenvalue weighted by Gasteiger charge is 2.20. The van der Waals surface area contributed by atoms with Crippen molar-refractivity contribution in [2.45, 2.75) is 17.3 Å². The van der Waals surface area contributed by atoms with E-state index >= 15 is 0 Å². The fourth-order valence-corrected chi connectivity index (χ4v) is 3.50. The summed E-state index contributed by atoms with van der Waals surface area (Å²) in [6.45, 7) is 1.66. The molecule has 3 rings (SSSR count). The molecule has 1 amide bonds. The lowest BCUT2D eigenvalue weighted by molar-refractivity contribution is -0.117. The number of carbonyl (C=O) groups excluding carboxylic acids is 1. The van der Waals surface area contributed by atoms with Crippen molar-refractivity contribution in [3.05, 3.63) is 57.8 Å². The van der Waals surface area contributed by atoms with Crippen molar-refractivity contribution in [3.63, 3.8) is 0 Å². The lowest BCUT2D eigenvalue weighted by atomic mass is 10.2. The number of halogens is 1. The smallest absolute Gasteiger partial charge is 0.266 e. The Kier molecular flexibility index (Phi) is 5.20. The monoisotopic (exact) mass is 389 g/mol. The Morgan fingerprint density at radius 1 is 1.31 bits per heavy atom. The maximum atomic E-state index is 13.2. The molecule has 26 heavy (non-hydrogen) atoms. The van der Waals surface area contributed by atoms with Crippen molar-refractivity contribution in [1.82, 2.24) is 9.55 Å². The number of para-hydroxylation sites is 2. The zero-order chi connectivity index (χ0) is 18.8. The molecule has 0 bridgehead atoms. The van der Waals surface area contributed by atoms with Gasteiger partial charge in [-0.05, 0) is 37.3 Å². The minimum absolute atomic E-state index is 0.282. The summed E-state index contributed by atoms with van der Waals surface area (Å²) in [5.74, 6) is 0.0142. The quantitative estimate of drug-likeness (QED) is 0.535. The fraction of sp³-hybridized carbons (Fsp3) is 0.167. The van der Waals surface area contributed by atoms with Gasteiger partial charge in [0.15, 0.2) is 5.16 Å². The second-order valence-corrected chi connectivity index (χ2v) is 7.28. The first kappa shape index (κ1) is 18.3. The summed E-state index contributed by atoms with van der Waals surface area (Å²) in [7, 11) is 1.52. The van der Waals surface area contributed by atoms with Crippen molar-refractivity contribution >= 4 is 40.2 Å². The topological polar surface area (TPSA) is 87.2 Å². The van der Waals surface area contributed by atoms with Crippen LogP contribution in [-0.2, 0) is 4.79 Å². The molecule has 8 heteroatoms. The van der Waals surface area contributed by atoms with Gasteiger partial charge in [-0.15, -0.1) is 0 Å². The molecule has 0 aliphatic rings. The molecule has 0 unspecified atom stereocenters. The molecular weight excluding hydrogens is 374 g/mol. The summed E-state index contributed by atoms with van der Waals surface area (Å²) in [6.07, 6.45) is 0. The number of benzene rings is 2. The number of methoxy groups -OCH3 is 1. The molecule has 2 N–H and O–H groups in total. The third-order valence-electron chi connectivity index (χ3n) is 3.81. The Balaban J connectivity index is 2.34. The third kappa shape index (κ3) is 3.40. The van der Waals surface area contributed by atoms with E-state index < -0.39 is 11.2 Å². The highest BCUT2D eigenvalue weighted by molar-refractivity contribution is 8.00. The van der Waals surface area contributed by atoms with E-state index in [9.17, 15) is 9.59 Å². The van der Waals surface area contributed by atoms with E-state index in [1.165, 1.54) is 11.7 Å². The lowest BCUT2D eigenvalue weighted by Gasteiger charge is -2.17. The molecule has 0 saturated heterocycles. The number of nitrogens with two attached hydrogens (primary N) is 1. The van der Waals surface area contributed by atoms with Gasteiger partial charge in [0, 0.05) is 5.02 Å². The molecule has 0 spiro atoms. The van der Waals surface area contributed by atoms with Gasteiger partial charge in [0.25, 0.3) is 5.56 Å². The van der Waals surface area contributed by atoms with Crippen LogP contribution in [0.5, 0.6) is 5.75 Å². The van der Waals surface area contributed by atoms with Crippen molar-refractivity contribution in [2.24, 2.45) is 5.73 Å². The molecule has 0 fully saturated rings. The number of aromatic nitrogens is 2. The van der Waals surface area contributed by atoms with Crippen LogP contribution < -0.4 is 16.0 Å². The van der Waals surface area contributed by atoms with E-state index in [1.807, 2.05) is 0 Å². The van der Waals surface area contributed by atoms with Gasteiger partial charge in [0.1, 0.15) is 5.75 Å². The highest BCUT2D eigenvalue weighted by Crippen LogP contribution is 2.29. The van der Waals surface area contributed by atoms with E-state index in [0.29, 0.717) is 32.5 Å². The maximum Gasteiger partial charge on any atom is 0.266 e. The van der Waals surface area contributed by atoms with Crippen LogP contribution >= 0.6 is 23.4 Å². The number of hydrogen-bond donors (Lipinski definition) is 1. The summed E-state index contributed by atoms with van der Waals surface area (Å²) >= 11 is 7.14. The van der Waals surface area contributed by atoms with E-state index in [-0.39, 0.29) is 5.56 Å². The summed E-state index contributed by atoms with van der Waals surface area (Å²) in [5.41, 5.74) is 6.08. The number of amides is 1. The minimum Gasteiger partial charge on any atom is -0.495 e. The van der Waals surface area contributed by atoms with Gasteiger partial charge in [0.2, 0.25) is 5.91 Å². The second kappa shape index (κ2) is 7.39. The average Bonchev–Trinajstić information content (AvgIpc) is 2.61. The molecule has 6 nitrogen and oxygen atoms in total. The number of thioether (sulfide) groups is 1. The molecule has 3 aromatic rings. The Bertz CT molecular complexity index is 1050. The average molecular weight is 390 g/mol. The molecule has 0 aliphatic carbocycles. The molecule has 1 heterocycles. The molecule has 134 valence electrons. The SMILES string of the molecule is COc1ccccc1-n1c(S[C@H](C)C(N)=O)nc2cc(Cl)ccc2c1=O. The predicted molar refractivity (Wildman–Crippen MR) is 103 cm³/mol. The van der Waals surface area contributed by atoms with Gasteiger partial charge >= 0.3 is 0 Å². The van der Waals surface area contributed by atoms with Gasteiger partial charge in [-0.3, -0.25) is 14.2 Å². The number of rotatable bonds is 5. The molecule has 1 aromatic heterocycles. The van der Waals surface area contributed by atoms with Crippen LogP contribution in [0.4, 0.5) is 0 Å². The number of nitrogens with zero attached hydrogens (tertiary/aromatic N) is 2. The first-order chi connectivity index (χ1) is 12.4. The molecule has 0 saturated carbocycles. The Hall–Kier alpha value is -2.51. The fourth-order valence-electron chi connectivity index (χ4n) is 2.46. The predicted octanol–water partition coefficient (Wildman–Crippen LogP) is 3.01. The molecule has 0 radical (unpaired) electrons. The number of ether oxygens (including phenoxy) is 1. The number of carbonyl (C=O) groups is 1. The van der Waals surface area contributed by atoms with E-state index in [2.05, 4.69) is 4.98 Å². The first-order valence-corrected chi connectivity index (χ1v) is 9.00. The minimum atomic E-state index is -0.570. The summed E-state index contributed by atoms with van der Waals surface area (Å²) < 4.78 is 6.81. The van der Waals surface area contributed by atoms with Gasteiger partial charge < -0.3 is 10.5 Å². The molecule has 0 aliphatic heterocycles. The standard InChI is InChI=1S/C18H16ClN3O3S/c1-10(16(20)23)26-18-21-13-9-11(19)7-8-12(13)17(24)22(18)14-5-3-4-6-15(14)25-2/h3-10H,1-2H3,(H2,20,23)/t10-/m1/s1. The molecule has 2 aromatic carbocycles. The Labute approximate surface area is 158 Å². The van der Waals surface area contributed by atoms with Crippen molar-refractivity contribution in [2.75, 3.05) is 7.11 Å². The zero-order valence-electron chi connectivity index (χ0n) is 14.1. The summed E-state index contributed by atoms with van der Waals surface area (Å²) in [5, 5.41) is 0.648.